The van der Waals surface area contributed by atoms with Crippen LogP contribution in [0.4, 0.5) is 5.69 Å². The average Bonchev–Trinajstić information content (AvgIpc) is 2.63. The van der Waals surface area contributed by atoms with Crippen molar-refractivity contribution in [3.63, 3.8) is 0 Å². The number of nitrogens with one attached hydrogen (secondary N) is 1. The quantitative estimate of drug-likeness (QED) is 0.885. The van der Waals surface area contributed by atoms with E-state index in [9.17, 15) is 14.4 Å². The smallest absolute Gasteiger partial charge is 0.335 e. The number of rotatable bonds is 4. The number of carbonyl (C=O) groups excluding carboxylic acids is 2. The van der Waals surface area contributed by atoms with E-state index in [0.29, 0.717) is 18.5 Å². The first-order chi connectivity index (χ1) is 12.5. The minimum absolute atomic E-state index is 0.0519. The standard InChI is InChI=1S/C20H20N2O4/c1-13-10-14(12-15(11-13)20(25)26)18(23)21-17-8-5-9-22(19(17)24)16-6-3-2-4-7-16/h2-4,6-7,10-12,17H,5,8-9H2,1H3,(H,21,23)(H,25,26). The van der Waals surface area contributed by atoms with Gasteiger partial charge in [-0.25, -0.2) is 4.79 Å². The summed E-state index contributed by atoms with van der Waals surface area (Å²) in [6, 6.07) is 13.2. The highest BCUT2D eigenvalue weighted by Crippen LogP contribution is 2.21. The van der Waals surface area contributed by atoms with Gasteiger partial charge in [0.25, 0.3) is 5.91 Å². The van der Waals surface area contributed by atoms with Crippen LogP contribution >= 0.6 is 0 Å². The molecule has 2 N–H and O–H groups in total. The van der Waals surface area contributed by atoms with Crippen LogP contribution < -0.4 is 10.2 Å². The number of benzene rings is 2. The lowest BCUT2D eigenvalue weighted by Gasteiger charge is -2.32. The number of para-hydroxylation sites is 1. The fourth-order valence-corrected chi connectivity index (χ4v) is 3.15. The van der Waals surface area contributed by atoms with Gasteiger partial charge in [-0.1, -0.05) is 18.2 Å². The SMILES string of the molecule is Cc1cc(C(=O)O)cc(C(=O)NC2CCCN(c3ccccc3)C2=O)c1. The van der Waals surface area contributed by atoms with Gasteiger partial charge in [-0.15, -0.1) is 0 Å². The lowest BCUT2D eigenvalue weighted by atomic mass is 10.0. The lowest BCUT2D eigenvalue weighted by Crippen LogP contribution is -2.52. The van der Waals surface area contributed by atoms with Crippen molar-refractivity contribution in [2.45, 2.75) is 25.8 Å². The summed E-state index contributed by atoms with van der Waals surface area (Å²) in [5, 5.41) is 11.9. The van der Waals surface area contributed by atoms with Crippen LogP contribution in [0.3, 0.4) is 0 Å². The fraction of sp³-hybridized carbons (Fsp3) is 0.250. The molecule has 1 aliphatic rings. The van der Waals surface area contributed by atoms with E-state index in [4.69, 9.17) is 5.11 Å². The van der Waals surface area contributed by atoms with Gasteiger partial charge in [-0.3, -0.25) is 9.59 Å². The van der Waals surface area contributed by atoms with Gasteiger partial charge in [-0.05, 0) is 55.7 Å². The van der Waals surface area contributed by atoms with Crippen LogP contribution in [0.15, 0.2) is 48.5 Å². The van der Waals surface area contributed by atoms with Crippen molar-refractivity contribution < 1.29 is 19.5 Å². The predicted molar refractivity (Wildman–Crippen MR) is 97.4 cm³/mol. The molecule has 0 bridgehead atoms. The number of aryl methyl sites for hydroxylation is 1. The van der Waals surface area contributed by atoms with Crippen molar-refractivity contribution in [2.24, 2.45) is 0 Å². The number of amides is 2. The van der Waals surface area contributed by atoms with E-state index >= 15 is 0 Å². The number of piperidine rings is 1. The Labute approximate surface area is 151 Å². The number of hydrogen-bond acceptors (Lipinski definition) is 3. The summed E-state index contributed by atoms with van der Waals surface area (Å²) >= 11 is 0. The molecular formula is C20H20N2O4. The Kier molecular flexibility index (Phi) is 5.02. The molecular weight excluding hydrogens is 332 g/mol. The Morgan fingerprint density at radius 3 is 2.50 bits per heavy atom. The summed E-state index contributed by atoms with van der Waals surface area (Å²) in [6.45, 7) is 2.34. The molecule has 0 aliphatic carbocycles. The van der Waals surface area contributed by atoms with E-state index in [0.717, 1.165) is 12.1 Å². The highest BCUT2D eigenvalue weighted by atomic mass is 16.4. The molecule has 2 aromatic rings. The maximum atomic E-state index is 12.8. The normalized spacial score (nSPS) is 17.0. The summed E-state index contributed by atoms with van der Waals surface area (Å²) < 4.78 is 0. The molecule has 2 aromatic carbocycles. The van der Waals surface area contributed by atoms with Crippen molar-refractivity contribution in [3.05, 3.63) is 65.2 Å². The monoisotopic (exact) mass is 352 g/mol. The van der Waals surface area contributed by atoms with Gasteiger partial charge in [0.05, 0.1) is 5.56 Å². The van der Waals surface area contributed by atoms with Crippen LogP contribution in [0, 0.1) is 6.92 Å². The van der Waals surface area contributed by atoms with E-state index in [1.807, 2.05) is 30.3 Å². The number of aromatic carboxylic acids is 1. The van der Waals surface area contributed by atoms with Crippen molar-refractivity contribution in [1.29, 1.82) is 0 Å². The maximum Gasteiger partial charge on any atom is 0.335 e. The van der Waals surface area contributed by atoms with Crippen LogP contribution in [-0.2, 0) is 4.79 Å². The Hall–Kier alpha value is -3.15. The predicted octanol–water partition coefficient (Wildman–Crippen LogP) is 2.62. The number of carboxylic acid groups (broad SMARTS) is 1. The van der Waals surface area contributed by atoms with Gasteiger partial charge >= 0.3 is 5.97 Å². The summed E-state index contributed by atoms with van der Waals surface area (Å²) in [5.41, 5.74) is 1.78. The van der Waals surface area contributed by atoms with Crippen LogP contribution in [0.25, 0.3) is 0 Å². The highest BCUT2D eigenvalue weighted by Gasteiger charge is 2.31. The van der Waals surface area contributed by atoms with Crippen LogP contribution in [0.5, 0.6) is 0 Å². The third-order valence-electron chi connectivity index (χ3n) is 4.40. The molecule has 0 aromatic heterocycles. The molecule has 1 unspecified atom stereocenters. The molecule has 1 aliphatic heterocycles. The topological polar surface area (TPSA) is 86.7 Å². The second-order valence-electron chi connectivity index (χ2n) is 6.39. The second-order valence-corrected chi connectivity index (χ2v) is 6.39. The third kappa shape index (κ3) is 3.74. The van der Waals surface area contributed by atoms with E-state index in [1.54, 1.807) is 17.9 Å². The number of hydrogen-bond donors (Lipinski definition) is 2. The maximum absolute atomic E-state index is 12.8. The summed E-state index contributed by atoms with van der Waals surface area (Å²) in [4.78, 5) is 38.2. The van der Waals surface area contributed by atoms with Gasteiger partial charge in [0.2, 0.25) is 5.91 Å². The lowest BCUT2D eigenvalue weighted by molar-refractivity contribution is -0.121. The molecule has 1 heterocycles. The van der Waals surface area contributed by atoms with Gasteiger partial charge in [0.1, 0.15) is 6.04 Å². The molecule has 134 valence electrons. The molecule has 0 saturated carbocycles. The van der Waals surface area contributed by atoms with Crippen molar-refractivity contribution >= 4 is 23.5 Å². The van der Waals surface area contributed by atoms with Crippen LogP contribution in [0.2, 0.25) is 0 Å². The first kappa shape index (κ1) is 17.7. The molecule has 2 amide bonds. The molecule has 6 heteroatoms. The molecule has 6 nitrogen and oxygen atoms in total. The number of nitrogens with zero attached hydrogens (tertiary/aromatic N) is 1. The van der Waals surface area contributed by atoms with E-state index in [1.165, 1.54) is 12.1 Å². The van der Waals surface area contributed by atoms with Gasteiger partial charge in [0.15, 0.2) is 0 Å². The fourth-order valence-electron chi connectivity index (χ4n) is 3.15. The second kappa shape index (κ2) is 7.39. The Balaban J connectivity index is 1.77. The zero-order chi connectivity index (χ0) is 18.7. The van der Waals surface area contributed by atoms with Gasteiger partial charge < -0.3 is 15.3 Å². The molecule has 0 spiro atoms. The first-order valence-corrected chi connectivity index (χ1v) is 8.48. The van der Waals surface area contributed by atoms with E-state index in [2.05, 4.69) is 5.32 Å². The summed E-state index contributed by atoms with van der Waals surface area (Å²) in [6.07, 6.45) is 1.34. The minimum atomic E-state index is -1.09. The van der Waals surface area contributed by atoms with E-state index < -0.39 is 17.9 Å². The zero-order valence-corrected chi connectivity index (χ0v) is 14.4. The molecule has 26 heavy (non-hydrogen) atoms. The van der Waals surface area contributed by atoms with Crippen molar-refractivity contribution in [1.82, 2.24) is 5.32 Å². The van der Waals surface area contributed by atoms with Gasteiger partial charge in [0, 0.05) is 17.8 Å². The number of carboxylic acids is 1. The first-order valence-electron chi connectivity index (χ1n) is 8.48. The highest BCUT2D eigenvalue weighted by molar-refractivity contribution is 6.03. The molecule has 3 rings (SSSR count). The van der Waals surface area contributed by atoms with Crippen molar-refractivity contribution in [3.8, 4) is 0 Å². The summed E-state index contributed by atoms with van der Waals surface area (Å²) in [5.74, 6) is -1.68. The number of anilines is 1. The van der Waals surface area contributed by atoms with Crippen molar-refractivity contribution in [2.75, 3.05) is 11.4 Å². The Bertz CT molecular complexity index is 848. The Morgan fingerprint density at radius 1 is 1.12 bits per heavy atom. The largest absolute Gasteiger partial charge is 0.478 e. The number of carbonyl (C=O) groups is 3. The van der Waals surface area contributed by atoms with E-state index in [-0.39, 0.29) is 17.0 Å². The molecule has 0 radical (unpaired) electrons. The van der Waals surface area contributed by atoms with Crippen LogP contribution in [-0.4, -0.2) is 35.5 Å². The van der Waals surface area contributed by atoms with Crippen LogP contribution in [0.1, 0.15) is 39.1 Å². The summed E-state index contributed by atoms with van der Waals surface area (Å²) in [7, 11) is 0. The molecule has 1 atom stereocenters. The molecule has 1 saturated heterocycles. The van der Waals surface area contributed by atoms with Gasteiger partial charge in [-0.2, -0.15) is 0 Å². The average molecular weight is 352 g/mol. The zero-order valence-electron chi connectivity index (χ0n) is 14.4. The molecule has 1 fully saturated rings. The minimum Gasteiger partial charge on any atom is -0.478 e. The third-order valence-corrected chi connectivity index (χ3v) is 4.40. The Morgan fingerprint density at radius 2 is 1.81 bits per heavy atom.